The molecule has 1 aromatic rings. The molecule has 5 nitrogen and oxygen atoms in total. The Morgan fingerprint density at radius 2 is 2.21 bits per heavy atom. The van der Waals surface area contributed by atoms with E-state index in [0.717, 1.165) is 44.7 Å². The second-order valence-corrected chi connectivity index (χ2v) is 7.07. The first kappa shape index (κ1) is 17.5. The van der Waals surface area contributed by atoms with E-state index in [4.69, 9.17) is 4.74 Å². The maximum absolute atomic E-state index is 12.8. The molecule has 5 heteroatoms. The van der Waals surface area contributed by atoms with E-state index in [-0.39, 0.29) is 11.8 Å². The number of likely N-dealkylation sites (tertiary alicyclic amines) is 1. The lowest BCUT2D eigenvalue weighted by Gasteiger charge is -2.30. The summed E-state index contributed by atoms with van der Waals surface area (Å²) in [6, 6.07) is 3.84. The zero-order valence-electron chi connectivity index (χ0n) is 14.5. The largest absolute Gasteiger partial charge is 0.392 e. The van der Waals surface area contributed by atoms with Gasteiger partial charge in [-0.3, -0.25) is 14.7 Å². The Bertz CT molecular complexity index is 557. The summed E-state index contributed by atoms with van der Waals surface area (Å²) in [6.07, 6.45) is 5.34. The van der Waals surface area contributed by atoms with Crippen molar-refractivity contribution in [1.29, 1.82) is 0 Å². The molecule has 3 heterocycles. The van der Waals surface area contributed by atoms with E-state index in [1.165, 1.54) is 5.56 Å². The number of aromatic nitrogens is 1. The van der Waals surface area contributed by atoms with Crippen LogP contribution in [0.5, 0.6) is 0 Å². The first-order valence-electron chi connectivity index (χ1n) is 9.12. The van der Waals surface area contributed by atoms with E-state index in [1.807, 2.05) is 12.1 Å². The lowest BCUT2D eigenvalue weighted by molar-refractivity contribution is -0.123. The number of aryl methyl sites for hydroxylation is 1. The van der Waals surface area contributed by atoms with Crippen molar-refractivity contribution in [2.75, 3.05) is 26.3 Å². The number of Topliss-reactive ketones (excluding diaryl/α,β-unsaturated/α-hetero) is 1. The lowest BCUT2D eigenvalue weighted by Crippen LogP contribution is -2.41. The highest BCUT2D eigenvalue weighted by molar-refractivity contribution is 5.86. The summed E-state index contributed by atoms with van der Waals surface area (Å²) in [5.41, 5.74) is 2.05. The number of hydrogen-bond acceptors (Lipinski definition) is 5. The average molecular weight is 332 g/mol. The second kappa shape index (κ2) is 8.19. The van der Waals surface area contributed by atoms with Gasteiger partial charge in [-0.25, -0.2) is 0 Å². The van der Waals surface area contributed by atoms with Crippen molar-refractivity contribution in [3.63, 3.8) is 0 Å². The van der Waals surface area contributed by atoms with E-state index in [0.29, 0.717) is 25.3 Å². The number of nitrogens with zero attached hydrogens (tertiary/aromatic N) is 2. The van der Waals surface area contributed by atoms with Crippen LogP contribution in [0.25, 0.3) is 0 Å². The predicted octanol–water partition coefficient (Wildman–Crippen LogP) is 1.62. The van der Waals surface area contributed by atoms with Crippen LogP contribution < -0.4 is 0 Å². The van der Waals surface area contributed by atoms with Crippen molar-refractivity contribution in [3.05, 3.63) is 29.6 Å². The number of carbonyl (C=O) groups is 1. The van der Waals surface area contributed by atoms with Gasteiger partial charge in [0.25, 0.3) is 0 Å². The summed E-state index contributed by atoms with van der Waals surface area (Å²) in [6.45, 7) is 5.22. The van der Waals surface area contributed by atoms with Gasteiger partial charge in [-0.15, -0.1) is 0 Å². The highest BCUT2D eigenvalue weighted by Crippen LogP contribution is 2.24. The quantitative estimate of drug-likeness (QED) is 0.858. The van der Waals surface area contributed by atoms with E-state index in [9.17, 15) is 9.90 Å². The summed E-state index contributed by atoms with van der Waals surface area (Å²) >= 11 is 0. The fourth-order valence-corrected chi connectivity index (χ4v) is 3.82. The van der Waals surface area contributed by atoms with Crippen molar-refractivity contribution in [1.82, 2.24) is 9.88 Å². The monoisotopic (exact) mass is 332 g/mol. The van der Waals surface area contributed by atoms with Gasteiger partial charge < -0.3 is 9.84 Å². The normalized spacial score (nSPS) is 25.9. The molecule has 1 aromatic heterocycles. The molecule has 2 aliphatic heterocycles. The molecule has 0 spiro atoms. The second-order valence-electron chi connectivity index (χ2n) is 7.07. The Labute approximate surface area is 144 Å². The first-order valence-corrected chi connectivity index (χ1v) is 9.12. The molecule has 2 atom stereocenters. The van der Waals surface area contributed by atoms with Gasteiger partial charge >= 0.3 is 0 Å². The third kappa shape index (κ3) is 4.41. The number of aliphatic hydroxyl groups excluding tert-OH is 1. The van der Waals surface area contributed by atoms with Crippen molar-refractivity contribution < 1.29 is 14.6 Å². The Morgan fingerprint density at radius 3 is 2.96 bits per heavy atom. The molecule has 0 unspecified atom stereocenters. The van der Waals surface area contributed by atoms with E-state index >= 15 is 0 Å². The molecular weight excluding hydrogens is 304 g/mol. The molecule has 2 saturated heterocycles. The third-order valence-corrected chi connectivity index (χ3v) is 5.23. The van der Waals surface area contributed by atoms with Crippen molar-refractivity contribution in [2.24, 2.45) is 5.92 Å². The standard InChI is InChI=1S/C19H28N2O3/c1-2-14-3-6-20-16(9-14)10-19(23)18-11-17(22)13-21(18)12-15-4-7-24-8-5-15/h3,6,9,15,17-18,22H,2,4-5,7-8,10-13H2,1H3/t17-,18+/m1/s1. The Kier molecular flexibility index (Phi) is 5.98. The van der Waals surface area contributed by atoms with Crippen LogP contribution in [0.2, 0.25) is 0 Å². The number of aliphatic hydroxyl groups is 1. The highest BCUT2D eigenvalue weighted by atomic mass is 16.5. The molecule has 24 heavy (non-hydrogen) atoms. The number of carbonyl (C=O) groups excluding carboxylic acids is 1. The molecule has 0 aliphatic carbocycles. The SMILES string of the molecule is CCc1ccnc(CC(=O)[C@@H]2C[C@@H](O)CN2CC2CCOCC2)c1. The molecule has 3 rings (SSSR count). The van der Waals surface area contributed by atoms with Gasteiger partial charge in [-0.05, 0) is 49.3 Å². The van der Waals surface area contributed by atoms with Crippen LogP contribution in [0.4, 0.5) is 0 Å². The van der Waals surface area contributed by atoms with Crippen LogP contribution in [-0.4, -0.2) is 59.2 Å². The Balaban J connectivity index is 1.62. The Hall–Kier alpha value is -1.30. The van der Waals surface area contributed by atoms with Gasteiger partial charge in [-0.2, -0.15) is 0 Å². The van der Waals surface area contributed by atoms with Crippen LogP contribution in [0, 0.1) is 5.92 Å². The molecule has 0 bridgehead atoms. The minimum atomic E-state index is -0.395. The van der Waals surface area contributed by atoms with E-state index in [1.54, 1.807) is 6.20 Å². The molecule has 0 saturated carbocycles. The molecule has 2 aliphatic rings. The van der Waals surface area contributed by atoms with Gasteiger partial charge in [0.2, 0.25) is 0 Å². The maximum atomic E-state index is 12.8. The number of hydrogen-bond donors (Lipinski definition) is 1. The molecule has 0 radical (unpaired) electrons. The van der Waals surface area contributed by atoms with Crippen LogP contribution >= 0.6 is 0 Å². The minimum absolute atomic E-state index is 0.171. The topological polar surface area (TPSA) is 62.7 Å². The van der Waals surface area contributed by atoms with Crippen molar-refractivity contribution in [3.8, 4) is 0 Å². The van der Waals surface area contributed by atoms with Crippen LogP contribution in [0.1, 0.15) is 37.4 Å². The number of β-amino-alcohol motifs (C(OH)–C–C–N with tert-alkyl or cyclic N) is 1. The summed E-state index contributed by atoms with van der Waals surface area (Å²) in [7, 11) is 0. The zero-order valence-corrected chi connectivity index (χ0v) is 14.5. The lowest BCUT2D eigenvalue weighted by atomic mass is 9.98. The molecule has 0 amide bonds. The Morgan fingerprint density at radius 1 is 1.42 bits per heavy atom. The van der Waals surface area contributed by atoms with Crippen molar-refractivity contribution >= 4 is 5.78 Å². The van der Waals surface area contributed by atoms with Crippen LogP contribution in [0.3, 0.4) is 0 Å². The number of ether oxygens (including phenoxy) is 1. The van der Waals surface area contributed by atoms with Gasteiger partial charge in [0.15, 0.2) is 5.78 Å². The zero-order chi connectivity index (χ0) is 16.9. The van der Waals surface area contributed by atoms with Gasteiger partial charge in [0.1, 0.15) is 0 Å². The third-order valence-electron chi connectivity index (χ3n) is 5.23. The molecule has 2 fully saturated rings. The van der Waals surface area contributed by atoms with E-state index in [2.05, 4.69) is 16.8 Å². The van der Waals surface area contributed by atoms with Gasteiger partial charge in [0.05, 0.1) is 18.6 Å². The van der Waals surface area contributed by atoms with E-state index < -0.39 is 6.10 Å². The fraction of sp³-hybridized carbons (Fsp3) is 0.684. The summed E-state index contributed by atoms with van der Waals surface area (Å²) < 4.78 is 5.42. The van der Waals surface area contributed by atoms with Crippen LogP contribution in [-0.2, 0) is 22.4 Å². The smallest absolute Gasteiger partial charge is 0.155 e. The average Bonchev–Trinajstić information content (AvgIpc) is 2.96. The molecular formula is C19H28N2O3. The molecule has 0 aromatic carbocycles. The first-order chi connectivity index (χ1) is 11.7. The van der Waals surface area contributed by atoms with Crippen LogP contribution in [0.15, 0.2) is 18.3 Å². The van der Waals surface area contributed by atoms with Crippen molar-refractivity contribution in [2.45, 2.75) is 51.2 Å². The highest BCUT2D eigenvalue weighted by Gasteiger charge is 2.36. The summed E-state index contributed by atoms with van der Waals surface area (Å²) in [5, 5.41) is 10.1. The fourth-order valence-electron chi connectivity index (χ4n) is 3.82. The number of rotatable bonds is 6. The van der Waals surface area contributed by atoms with Gasteiger partial charge in [0, 0.05) is 38.2 Å². The van der Waals surface area contributed by atoms with Gasteiger partial charge in [-0.1, -0.05) is 6.92 Å². The number of pyridine rings is 1. The maximum Gasteiger partial charge on any atom is 0.155 e. The number of ketones is 1. The minimum Gasteiger partial charge on any atom is -0.392 e. The molecule has 1 N–H and O–H groups in total. The molecule has 132 valence electrons. The summed E-state index contributed by atoms with van der Waals surface area (Å²) in [4.78, 5) is 19.3. The summed E-state index contributed by atoms with van der Waals surface area (Å²) in [5.74, 6) is 0.750. The predicted molar refractivity (Wildman–Crippen MR) is 91.9 cm³/mol.